The molecule has 408 valence electrons. The second kappa shape index (κ2) is 35.6. The standard InChI is InChI=1S/C9H20N2.4C8H18N2.C7H16N2.C6H14N2/c1-9(2,3)11-7-5-10(4)6-8-11;2*1-7-5-9(3)6-8(2)10(7)4;1-8(2)10-6-4-9(3)5-7-10;1-3-4-10-7-5-9(2)6-8-10;1-3-9-6-4-8(2)5-7-9;1-7-3-5-8(2)6-4-7/h10H,4-8H2,1-3H3;2*7-9H,3,5-6H2,1-2,4H3;8-9H,3-7H2,1-2H3;9H,2-8H2,1H3;8H,2-7H2,1H3;7H,1,3-6H2,2H3/t;7-,8+;;;;;. The Hall–Kier alpha value is -0.560. The number of hydrogen-bond donors (Lipinski definition) is 7. The van der Waals surface area contributed by atoms with Gasteiger partial charge in [0.15, 0.2) is 0 Å². The molecule has 0 aliphatic carbocycles. The van der Waals surface area contributed by atoms with Gasteiger partial charge in [-0.15, -0.1) is 0 Å². The quantitative estimate of drug-likeness (QED) is 0.143. The molecule has 0 saturated carbocycles. The van der Waals surface area contributed by atoms with Crippen LogP contribution >= 0.6 is 0 Å². The molecule has 68 heavy (non-hydrogen) atoms. The van der Waals surface area contributed by atoms with Crippen molar-refractivity contribution in [1.82, 2.24) is 34.3 Å². The summed E-state index contributed by atoms with van der Waals surface area (Å²) in [6, 6.07) is 3.48. The Balaban J connectivity index is 0.000000397. The third-order valence-electron chi connectivity index (χ3n) is 15.6. The Morgan fingerprint density at radius 1 is 0.441 bits per heavy atom. The number of hydrogen-bond acceptors (Lipinski definition) is 7. The first-order chi connectivity index (χ1) is 31.9. The summed E-state index contributed by atoms with van der Waals surface area (Å²) < 4.78 is 0. The summed E-state index contributed by atoms with van der Waals surface area (Å²) in [5.74, 6) is 0. The zero-order valence-corrected chi connectivity index (χ0v) is 48.1. The van der Waals surface area contributed by atoms with Crippen molar-refractivity contribution in [3.63, 3.8) is 0 Å². The van der Waals surface area contributed by atoms with E-state index in [1.165, 1.54) is 211 Å². The van der Waals surface area contributed by atoms with Gasteiger partial charge >= 0.3 is 0 Å². The maximum atomic E-state index is 4.02. The normalized spacial score (nSPS) is 30.1. The zero-order valence-electron chi connectivity index (χ0n) is 48.1. The third kappa shape index (κ3) is 29.2. The van der Waals surface area contributed by atoms with Crippen molar-refractivity contribution in [1.29, 1.82) is 0 Å². The number of nitrogens with zero attached hydrogens (tertiary/aromatic N) is 7. The number of likely N-dealkylation sites (N-methyl/N-ethyl adjacent to an activating group) is 4. The summed E-state index contributed by atoms with van der Waals surface area (Å²) >= 11 is 0. The van der Waals surface area contributed by atoms with E-state index in [1.54, 1.807) is 0 Å². The summed E-state index contributed by atoms with van der Waals surface area (Å²) in [4.78, 5) is 27.2. The van der Waals surface area contributed by atoms with Crippen molar-refractivity contribution in [2.75, 3.05) is 191 Å². The monoisotopic (exact) mass is 967 g/mol. The molecule has 0 amide bonds. The summed E-state index contributed by atoms with van der Waals surface area (Å²) in [5, 5.41) is 0. The minimum atomic E-state index is 0.348. The summed E-state index contributed by atoms with van der Waals surface area (Å²) in [7, 11) is 34.4. The Labute approximate surface area is 426 Å². The minimum absolute atomic E-state index is 0.348. The summed E-state index contributed by atoms with van der Waals surface area (Å²) in [6.45, 7) is 56.3. The van der Waals surface area contributed by atoms with Crippen molar-refractivity contribution >= 4 is 0 Å². The largest absolute Gasteiger partial charge is 0.466 e. The fourth-order valence-corrected chi connectivity index (χ4v) is 9.66. The van der Waals surface area contributed by atoms with Gasteiger partial charge in [-0.05, 0) is 103 Å². The fraction of sp³-hybridized carbons (Fsp3) is 0.870. The molecule has 7 aliphatic heterocycles. The Morgan fingerprint density at radius 3 is 1.01 bits per heavy atom. The molecule has 7 fully saturated rings. The maximum Gasteiger partial charge on any atom is 0.0686 e. The molecule has 0 bridgehead atoms. The van der Waals surface area contributed by atoms with E-state index in [0.29, 0.717) is 35.7 Å². The van der Waals surface area contributed by atoms with E-state index < -0.39 is 0 Å². The maximum absolute atomic E-state index is 4.02. The van der Waals surface area contributed by atoms with E-state index in [-0.39, 0.29) is 0 Å². The van der Waals surface area contributed by atoms with Crippen molar-refractivity contribution < 1.29 is 34.3 Å². The highest BCUT2D eigenvalue weighted by molar-refractivity contribution is 4.77. The summed E-state index contributed by atoms with van der Waals surface area (Å²) in [6.07, 6.45) is 1.28. The zero-order chi connectivity index (χ0) is 51.6. The molecule has 7 rings (SSSR count). The lowest BCUT2D eigenvalue weighted by molar-refractivity contribution is -0.865. The number of quaternary nitrogens is 7. The van der Waals surface area contributed by atoms with Gasteiger partial charge in [-0.1, -0.05) is 13.8 Å². The predicted octanol–water partition coefficient (Wildman–Crippen LogP) is -5.07. The van der Waals surface area contributed by atoms with Gasteiger partial charge in [0, 0.05) is 77.0 Å². The molecule has 14 heteroatoms. The van der Waals surface area contributed by atoms with Gasteiger partial charge in [0.05, 0.1) is 116 Å². The molecule has 0 radical (unpaired) electrons. The van der Waals surface area contributed by atoms with Crippen LogP contribution in [0.3, 0.4) is 0 Å². The smallest absolute Gasteiger partial charge is 0.0686 e. The van der Waals surface area contributed by atoms with Crippen LogP contribution < -0.4 is 34.3 Å². The average Bonchev–Trinajstić information content (AvgIpc) is 3.28. The molecule has 14 nitrogen and oxygen atoms in total. The van der Waals surface area contributed by atoms with E-state index >= 15 is 0 Å². The van der Waals surface area contributed by atoms with Crippen LogP contribution in [-0.2, 0) is 0 Å². The molecule has 5 atom stereocenters. The fourth-order valence-electron chi connectivity index (χ4n) is 9.66. The highest BCUT2D eigenvalue weighted by Crippen LogP contribution is 2.12. The van der Waals surface area contributed by atoms with Crippen LogP contribution in [-0.4, -0.2) is 261 Å². The van der Waals surface area contributed by atoms with E-state index in [1.807, 2.05) is 0 Å². The van der Waals surface area contributed by atoms with Crippen molar-refractivity contribution in [3.8, 4) is 0 Å². The Kier molecular flexibility index (Phi) is 34.2. The molecule has 0 spiro atoms. The highest BCUT2D eigenvalue weighted by atomic mass is 15.3. The van der Waals surface area contributed by atoms with Gasteiger partial charge in [-0.3, -0.25) is 34.3 Å². The molecule has 0 aromatic rings. The third-order valence-corrected chi connectivity index (χ3v) is 15.6. The van der Waals surface area contributed by atoms with Crippen LogP contribution in [0.15, 0.2) is 0 Å². The molecule has 7 saturated heterocycles. The van der Waals surface area contributed by atoms with Gasteiger partial charge in [-0.2, -0.15) is 49.3 Å². The molecular formula is C54H122N14. The second-order valence-corrected chi connectivity index (χ2v) is 23.2. The molecule has 7 aliphatic rings. The van der Waals surface area contributed by atoms with Gasteiger partial charge in [0.2, 0.25) is 0 Å². The van der Waals surface area contributed by atoms with Crippen molar-refractivity contribution in [2.24, 2.45) is 0 Å². The Morgan fingerprint density at radius 2 is 0.735 bits per heavy atom. The van der Waals surface area contributed by atoms with Crippen LogP contribution in [0.25, 0.3) is 0 Å². The van der Waals surface area contributed by atoms with Crippen molar-refractivity contribution in [2.45, 2.75) is 118 Å². The first-order valence-electron chi connectivity index (χ1n) is 27.6. The lowest BCUT2D eigenvalue weighted by Gasteiger charge is -2.41. The average molecular weight is 968 g/mol. The molecule has 0 aromatic heterocycles. The SMILES string of the molecule is [CH2-][NH+]1CC(C)N(C)C(C)C1.[CH2-][NH+]1CCN(C(C)(C)C)CC1.[CH2-][NH+]1CCN(C(C)C)CC1.[CH2-][NH+]1CCN(C)CC1.[CH2-][NH+]1CCN(CC)CC1.[CH2-][NH+]1CCN(CCC)CC1.[CH2-][NH+]1C[C@@H](C)N(C)[C@@H](C)C1. The number of rotatable bonds is 4. The van der Waals surface area contributed by atoms with Crippen molar-refractivity contribution in [3.05, 3.63) is 49.3 Å². The van der Waals surface area contributed by atoms with Crippen LogP contribution in [0.4, 0.5) is 0 Å². The van der Waals surface area contributed by atoms with Crippen LogP contribution in [0.2, 0.25) is 0 Å². The minimum Gasteiger partial charge on any atom is -0.466 e. The van der Waals surface area contributed by atoms with Gasteiger partial charge in [-0.25, -0.2) is 0 Å². The van der Waals surface area contributed by atoms with Gasteiger partial charge < -0.3 is 34.3 Å². The van der Waals surface area contributed by atoms with Crippen LogP contribution in [0, 0.1) is 49.3 Å². The molecule has 0 aromatic carbocycles. The van der Waals surface area contributed by atoms with Gasteiger partial charge in [0.1, 0.15) is 0 Å². The van der Waals surface area contributed by atoms with Gasteiger partial charge in [0.25, 0.3) is 0 Å². The topological polar surface area (TPSA) is 53.8 Å². The lowest BCUT2D eigenvalue weighted by Crippen LogP contribution is -3.11. The van der Waals surface area contributed by atoms with E-state index in [9.17, 15) is 0 Å². The lowest BCUT2D eigenvalue weighted by atomic mass is 10.1. The Bertz CT molecular complexity index is 1100. The number of piperazine rings is 7. The van der Waals surface area contributed by atoms with E-state index in [4.69, 9.17) is 0 Å². The van der Waals surface area contributed by atoms with E-state index in [2.05, 4.69) is 181 Å². The molecule has 3 unspecified atom stereocenters. The molecule has 7 heterocycles. The summed E-state index contributed by atoms with van der Waals surface area (Å²) in [5.41, 5.74) is 0.348. The molecular weight excluding hydrogens is 845 g/mol. The van der Waals surface area contributed by atoms with Crippen LogP contribution in [0.5, 0.6) is 0 Å². The predicted molar refractivity (Wildman–Crippen MR) is 290 cm³/mol. The van der Waals surface area contributed by atoms with E-state index in [0.717, 1.165) is 0 Å². The van der Waals surface area contributed by atoms with Crippen LogP contribution in [0.1, 0.15) is 82.6 Å². The molecule has 7 N–H and O–H groups in total. The highest BCUT2D eigenvalue weighted by Gasteiger charge is 2.26. The first-order valence-corrected chi connectivity index (χ1v) is 27.6. The number of nitrogens with one attached hydrogen (secondary N) is 7. The first kappa shape index (κ1) is 65.5. The second-order valence-electron chi connectivity index (χ2n) is 23.2.